The Morgan fingerprint density at radius 3 is 3.08 bits per heavy atom. The monoisotopic (exact) mass is 368 g/mol. The highest BCUT2D eigenvalue weighted by Gasteiger charge is 2.45. The lowest BCUT2D eigenvalue weighted by atomic mass is 9.82. The SMILES string of the molecule is C[C@H]1C[C@@]2(CCN1Cc1ncco1)OCCc1cc(CC(F)F)sc12. The lowest BCUT2D eigenvalue weighted by Crippen LogP contribution is -2.49. The molecule has 2 aromatic rings. The Morgan fingerprint density at radius 2 is 2.36 bits per heavy atom. The summed E-state index contributed by atoms with van der Waals surface area (Å²) in [5.74, 6) is 0.725. The molecule has 7 heteroatoms. The van der Waals surface area contributed by atoms with Crippen LogP contribution in [0.4, 0.5) is 8.78 Å². The maximum absolute atomic E-state index is 12.8. The van der Waals surface area contributed by atoms with Crippen molar-refractivity contribution in [1.29, 1.82) is 0 Å². The molecule has 0 saturated carbocycles. The van der Waals surface area contributed by atoms with Crippen LogP contribution in [0.25, 0.3) is 0 Å². The van der Waals surface area contributed by atoms with E-state index in [-0.39, 0.29) is 12.0 Å². The Balaban J connectivity index is 1.53. The van der Waals surface area contributed by atoms with E-state index in [1.807, 2.05) is 6.07 Å². The molecular weight excluding hydrogens is 346 g/mol. The Bertz CT molecular complexity index is 719. The fourth-order valence-corrected chi connectivity index (χ4v) is 5.46. The number of halogens is 2. The maximum Gasteiger partial charge on any atom is 0.243 e. The fourth-order valence-electron chi connectivity index (χ4n) is 4.06. The van der Waals surface area contributed by atoms with Gasteiger partial charge in [0.1, 0.15) is 11.9 Å². The number of hydrogen-bond donors (Lipinski definition) is 0. The van der Waals surface area contributed by atoms with E-state index in [4.69, 9.17) is 9.15 Å². The molecule has 2 aliphatic heterocycles. The molecule has 4 nitrogen and oxygen atoms in total. The minimum absolute atomic E-state index is 0.153. The standard InChI is InChI=1S/C18H22F2N2O2S/c1-12-10-18(3-5-22(12)11-16-21-4-7-23-16)17-13(2-6-24-18)8-14(25-17)9-15(19)20/h4,7-8,12,15H,2-3,5-6,9-11H2,1H3/t12-,18+/m0/s1. The topological polar surface area (TPSA) is 38.5 Å². The summed E-state index contributed by atoms with van der Waals surface area (Å²) in [6.07, 6.45) is 3.38. The molecule has 136 valence electrons. The van der Waals surface area contributed by atoms with Crippen LogP contribution in [0.3, 0.4) is 0 Å². The van der Waals surface area contributed by atoms with Crippen LogP contribution in [0.1, 0.15) is 41.0 Å². The molecule has 2 aromatic heterocycles. The van der Waals surface area contributed by atoms with Crippen molar-refractivity contribution in [3.8, 4) is 0 Å². The number of likely N-dealkylation sites (tertiary alicyclic amines) is 1. The summed E-state index contributed by atoms with van der Waals surface area (Å²) in [4.78, 5) is 8.51. The molecule has 0 radical (unpaired) electrons. The Labute approximate surface area is 149 Å². The van der Waals surface area contributed by atoms with Gasteiger partial charge in [-0.15, -0.1) is 11.3 Å². The van der Waals surface area contributed by atoms with Gasteiger partial charge < -0.3 is 9.15 Å². The van der Waals surface area contributed by atoms with Gasteiger partial charge in [0.05, 0.1) is 19.3 Å². The largest absolute Gasteiger partial charge is 0.448 e. The van der Waals surface area contributed by atoms with Gasteiger partial charge in [0.15, 0.2) is 0 Å². The molecule has 4 rings (SSSR count). The van der Waals surface area contributed by atoms with Crippen molar-refractivity contribution in [1.82, 2.24) is 9.88 Å². The van der Waals surface area contributed by atoms with Gasteiger partial charge in [-0.3, -0.25) is 4.90 Å². The number of piperidine rings is 1. The van der Waals surface area contributed by atoms with Crippen molar-refractivity contribution in [2.75, 3.05) is 13.2 Å². The normalized spacial score (nSPS) is 27.1. The molecule has 0 N–H and O–H groups in total. The Kier molecular flexibility index (Phi) is 4.64. The molecule has 4 heterocycles. The third-order valence-electron chi connectivity index (χ3n) is 5.25. The van der Waals surface area contributed by atoms with Crippen molar-refractivity contribution in [3.63, 3.8) is 0 Å². The summed E-state index contributed by atoms with van der Waals surface area (Å²) in [6.45, 7) is 4.43. The summed E-state index contributed by atoms with van der Waals surface area (Å²) in [5.41, 5.74) is 0.894. The number of ether oxygens (including phenoxy) is 1. The quantitative estimate of drug-likeness (QED) is 0.818. The molecule has 0 bridgehead atoms. The van der Waals surface area contributed by atoms with Gasteiger partial charge >= 0.3 is 0 Å². The first-order valence-corrected chi connectivity index (χ1v) is 9.54. The lowest BCUT2D eigenvalue weighted by Gasteiger charge is -2.46. The first kappa shape index (κ1) is 17.1. The van der Waals surface area contributed by atoms with E-state index >= 15 is 0 Å². The first-order chi connectivity index (χ1) is 12.1. The van der Waals surface area contributed by atoms with E-state index in [1.54, 1.807) is 12.5 Å². The number of alkyl halides is 2. The molecule has 1 fully saturated rings. The minimum Gasteiger partial charge on any atom is -0.448 e. The second kappa shape index (κ2) is 6.78. The number of fused-ring (bicyclic) bond motifs is 2. The molecule has 2 atom stereocenters. The summed E-state index contributed by atoms with van der Waals surface area (Å²) in [6, 6.07) is 2.28. The van der Waals surface area contributed by atoms with Crippen molar-refractivity contribution in [2.45, 2.75) is 57.2 Å². The average molecular weight is 368 g/mol. The van der Waals surface area contributed by atoms with Crippen LogP contribution in [0.5, 0.6) is 0 Å². The van der Waals surface area contributed by atoms with Crippen LogP contribution < -0.4 is 0 Å². The van der Waals surface area contributed by atoms with E-state index in [1.165, 1.54) is 21.8 Å². The third kappa shape index (κ3) is 3.37. The maximum atomic E-state index is 12.8. The molecule has 0 aliphatic carbocycles. The number of nitrogens with zero attached hydrogens (tertiary/aromatic N) is 2. The third-order valence-corrected chi connectivity index (χ3v) is 6.64. The average Bonchev–Trinajstić information content (AvgIpc) is 3.20. The van der Waals surface area contributed by atoms with Gasteiger partial charge in [0.25, 0.3) is 0 Å². The smallest absolute Gasteiger partial charge is 0.243 e. The molecule has 0 amide bonds. The highest BCUT2D eigenvalue weighted by Crippen LogP contribution is 2.47. The zero-order chi connectivity index (χ0) is 17.4. The van der Waals surface area contributed by atoms with Gasteiger partial charge in [-0.25, -0.2) is 13.8 Å². The van der Waals surface area contributed by atoms with E-state index < -0.39 is 6.43 Å². The molecule has 0 aromatic carbocycles. The van der Waals surface area contributed by atoms with Crippen molar-refractivity contribution in [3.05, 3.63) is 39.7 Å². The zero-order valence-electron chi connectivity index (χ0n) is 14.2. The Morgan fingerprint density at radius 1 is 1.48 bits per heavy atom. The second-order valence-corrected chi connectivity index (χ2v) is 8.09. The number of rotatable bonds is 4. The molecule has 0 unspecified atom stereocenters. The predicted octanol–water partition coefficient (Wildman–Crippen LogP) is 4.00. The number of thiophene rings is 1. The highest BCUT2D eigenvalue weighted by atomic mass is 32.1. The summed E-state index contributed by atoms with van der Waals surface area (Å²) in [7, 11) is 0. The molecular formula is C18H22F2N2O2S. The van der Waals surface area contributed by atoms with Gasteiger partial charge in [-0.05, 0) is 37.8 Å². The van der Waals surface area contributed by atoms with Crippen molar-refractivity contribution < 1.29 is 17.9 Å². The first-order valence-electron chi connectivity index (χ1n) is 8.72. The van der Waals surface area contributed by atoms with Gasteiger partial charge in [-0.1, -0.05) is 0 Å². The number of aromatic nitrogens is 1. The van der Waals surface area contributed by atoms with Gasteiger partial charge in [-0.2, -0.15) is 0 Å². The number of hydrogen-bond acceptors (Lipinski definition) is 5. The van der Waals surface area contributed by atoms with Crippen molar-refractivity contribution in [2.24, 2.45) is 0 Å². The summed E-state index contributed by atoms with van der Waals surface area (Å²) >= 11 is 1.52. The van der Waals surface area contributed by atoms with Crippen molar-refractivity contribution >= 4 is 11.3 Å². The van der Waals surface area contributed by atoms with E-state index in [0.29, 0.717) is 19.2 Å². The minimum atomic E-state index is -2.29. The number of oxazole rings is 1. The van der Waals surface area contributed by atoms with Crippen LogP contribution in [-0.4, -0.2) is 35.5 Å². The van der Waals surface area contributed by atoms with Crippen LogP contribution in [0.15, 0.2) is 22.9 Å². The van der Waals surface area contributed by atoms with Crippen LogP contribution >= 0.6 is 11.3 Å². The van der Waals surface area contributed by atoms with Crippen LogP contribution in [0, 0.1) is 0 Å². The van der Waals surface area contributed by atoms with Crippen LogP contribution in [-0.2, 0) is 29.7 Å². The molecule has 1 spiro atoms. The van der Waals surface area contributed by atoms with Gasteiger partial charge in [0.2, 0.25) is 12.3 Å². The lowest BCUT2D eigenvalue weighted by molar-refractivity contribution is -0.111. The molecule has 1 saturated heterocycles. The summed E-state index contributed by atoms with van der Waals surface area (Å²) in [5, 5.41) is 0. The van der Waals surface area contributed by atoms with E-state index in [2.05, 4.69) is 16.8 Å². The Hall–Kier alpha value is -1.31. The summed E-state index contributed by atoms with van der Waals surface area (Å²) < 4.78 is 37.2. The predicted molar refractivity (Wildman–Crippen MR) is 91.0 cm³/mol. The molecule has 2 aliphatic rings. The van der Waals surface area contributed by atoms with E-state index in [9.17, 15) is 8.78 Å². The highest BCUT2D eigenvalue weighted by molar-refractivity contribution is 7.12. The van der Waals surface area contributed by atoms with E-state index in [0.717, 1.165) is 36.6 Å². The second-order valence-electron chi connectivity index (χ2n) is 6.95. The van der Waals surface area contributed by atoms with Gasteiger partial charge in [0, 0.05) is 28.8 Å². The fraction of sp³-hybridized carbons (Fsp3) is 0.611. The molecule has 25 heavy (non-hydrogen) atoms. The zero-order valence-corrected chi connectivity index (χ0v) is 15.0. The van der Waals surface area contributed by atoms with Crippen LogP contribution in [0.2, 0.25) is 0 Å².